The third kappa shape index (κ3) is 3.53. The molecule has 146 valence electrons. The van der Waals surface area contributed by atoms with Crippen LogP contribution >= 0.6 is 0 Å². The number of para-hydroxylation sites is 1. The maximum atomic E-state index is 5.23. The van der Waals surface area contributed by atoms with Crippen LogP contribution in [0.25, 0.3) is 22.5 Å². The van der Waals surface area contributed by atoms with Crippen LogP contribution in [0.2, 0.25) is 0 Å². The third-order valence-corrected chi connectivity index (χ3v) is 5.06. The molecule has 0 radical (unpaired) electrons. The van der Waals surface area contributed by atoms with Crippen LogP contribution in [-0.4, -0.2) is 21.7 Å². The van der Waals surface area contributed by atoms with Crippen molar-refractivity contribution < 1.29 is 4.52 Å². The summed E-state index contributed by atoms with van der Waals surface area (Å²) in [7, 11) is 0. The highest BCUT2D eigenvalue weighted by Gasteiger charge is 2.20. The van der Waals surface area contributed by atoms with Gasteiger partial charge in [-0.1, -0.05) is 53.7 Å². The summed E-state index contributed by atoms with van der Waals surface area (Å²) < 4.78 is 5.23. The lowest BCUT2D eigenvalue weighted by Crippen LogP contribution is -2.22. The molecule has 0 fully saturated rings. The van der Waals surface area contributed by atoms with Crippen molar-refractivity contribution in [2.24, 2.45) is 0 Å². The third-order valence-electron chi connectivity index (χ3n) is 5.06. The van der Waals surface area contributed by atoms with Gasteiger partial charge in [-0.25, -0.2) is 0 Å². The number of benzene rings is 2. The van der Waals surface area contributed by atoms with Gasteiger partial charge in [0.25, 0.3) is 0 Å². The topological polar surface area (TPSA) is 55.1 Å². The van der Waals surface area contributed by atoms with Crippen LogP contribution in [0.4, 0.5) is 5.69 Å². The summed E-state index contributed by atoms with van der Waals surface area (Å²) in [6.45, 7) is 2.53. The average Bonchev–Trinajstić information content (AvgIpc) is 3.26. The van der Waals surface area contributed by atoms with Gasteiger partial charge in [-0.05, 0) is 41.5 Å². The number of aryl methyl sites for hydroxylation is 1. The minimum Gasteiger partial charge on any atom is -0.343 e. The molecular weight excluding hydrogens is 372 g/mol. The molecular formula is C25H20N4O. The van der Waals surface area contributed by atoms with Crippen LogP contribution in [0.5, 0.6) is 0 Å². The number of anilines is 1. The minimum atomic E-state index is 0.553. The van der Waals surface area contributed by atoms with Crippen molar-refractivity contribution in [2.45, 2.75) is 6.92 Å². The lowest BCUT2D eigenvalue weighted by Gasteiger charge is -2.28. The minimum absolute atomic E-state index is 0.553. The fourth-order valence-corrected chi connectivity index (χ4v) is 3.66. The highest BCUT2D eigenvalue weighted by Crippen LogP contribution is 2.34. The van der Waals surface area contributed by atoms with Gasteiger partial charge < -0.3 is 9.42 Å². The maximum Gasteiger partial charge on any atom is 0.223 e. The zero-order valence-electron chi connectivity index (χ0n) is 16.6. The summed E-state index contributed by atoms with van der Waals surface area (Å²) in [5.41, 5.74) is 6.32. The van der Waals surface area contributed by atoms with E-state index in [9.17, 15) is 0 Å². The van der Waals surface area contributed by atoms with Gasteiger partial charge >= 0.3 is 0 Å². The molecule has 1 aliphatic rings. The highest BCUT2D eigenvalue weighted by atomic mass is 16.5. The van der Waals surface area contributed by atoms with E-state index >= 15 is 0 Å². The lowest BCUT2D eigenvalue weighted by molar-refractivity contribution is 0.394. The average molecular weight is 392 g/mol. The predicted octanol–water partition coefficient (Wildman–Crippen LogP) is 5.38. The van der Waals surface area contributed by atoms with Crippen LogP contribution in [0.15, 0.2) is 95.8 Å². The molecule has 0 bridgehead atoms. The fourth-order valence-electron chi connectivity index (χ4n) is 3.66. The lowest BCUT2D eigenvalue weighted by atomic mass is 9.94. The van der Waals surface area contributed by atoms with E-state index in [1.165, 1.54) is 5.57 Å². The van der Waals surface area contributed by atoms with Gasteiger partial charge in [0.1, 0.15) is 0 Å². The number of aromatic nitrogens is 3. The van der Waals surface area contributed by atoms with Gasteiger partial charge in [-0.3, -0.25) is 4.98 Å². The second kappa shape index (κ2) is 7.79. The molecule has 1 aliphatic heterocycles. The van der Waals surface area contributed by atoms with Crippen molar-refractivity contribution in [3.63, 3.8) is 0 Å². The highest BCUT2D eigenvalue weighted by molar-refractivity contribution is 5.92. The Labute approximate surface area is 175 Å². The molecule has 2 aromatic carbocycles. The largest absolute Gasteiger partial charge is 0.343 e. The van der Waals surface area contributed by atoms with Crippen molar-refractivity contribution in [3.05, 3.63) is 108 Å². The molecule has 0 N–H and O–H groups in total. The standard InChI is InChI=1S/C25H20N4O/c1-18-27-25(28-30-18)23-12-6-5-11-22(23)19-15-20(24-13-7-8-14-26-24)17-29(16-19)21-9-3-2-4-10-21/h2-15,17H,16H2,1H3. The Morgan fingerprint density at radius 3 is 2.37 bits per heavy atom. The second-order valence-electron chi connectivity index (χ2n) is 7.12. The molecule has 5 heteroatoms. The molecule has 2 aromatic heterocycles. The van der Waals surface area contributed by atoms with E-state index in [1.54, 1.807) is 6.92 Å². The summed E-state index contributed by atoms with van der Waals surface area (Å²) in [6, 6.07) is 24.5. The Balaban J connectivity index is 1.63. The quantitative estimate of drug-likeness (QED) is 0.466. The fraction of sp³-hybridized carbons (Fsp3) is 0.0800. The zero-order valence-corrected chi connectivity index (χ0v) is 16.6. The number of nitrogens with zero attached hydrogens (tertiary/aromatic N) is 4. The molecule has 3 heterocycles. The van der Waals surface area contributed by atoms with Gasteiger partial charge in [-0.2, -0.15) is 4.98 Å². The van der Waals surface area contributed by atoms with Crippen molar-refractivity contribution >= 4 is 16.8 Å². The zero-order chi connectivity index (χ0) is 20.3. The van der Waals surface area contributed by atoms with E-state index in [4.69, 9.17) is 4.52 Å². The van der Waals surface area contributed by atoms with E-state index < -0.39 is 0 Å². The van der Waals surface area contributed by atoms with E-state index in [0.717, 1.165) is 34.6 Å². The maximum absolute atomic E-state index is 5.23. The van der Waals surface area contributed by atoms with E-state index in [1.807, 2.05) is 48.7 Å². The molecule has 5 rings (SSSR count). The van der Waals surface area contributed by atoms with E-state index in [0.29, 0.717) is 11.7 Å². The molecule has 0 aliphatic carbocycles. The first-order chi connectivity index (χ1) is 14.8. The molecule has 0 unspecified atom stereocenters. The summed E-state index contributed by atoms with van der Waals surface area (Å²) in [5, 5.41) is 4.14. The Morgan fingerprint density at radius 1 is 0.867 bits per heavy atom. The van der Waals surface area contributed by atoms with Gasteiger partial charge in [0.15, 0.2) is 0 Å². The first kappa shape index (κ1) is 18.1. The summed E-state index contributed by atoms with van der Waals surface area (Å²) in [5.74, 6) is 1.15. The normalized spacial score (nSPS) is 13.7. The van der Waals surface area contributed by atoms with Crippen molar-refractivity contribution in [1.29, 1.82) is 0 Å². The number of hydrogen-bond acceptors (Lipinski definition) is 5. The molecule has 0 spiro atoms. The SMILES string of the molecule is Cc1nc(-c2ccccc2C2=CC(c3ccccn3)=CN(c3ccccc3)C2)no1. The summed E-state index contributed by atoms with van der Waals surface area (Å²) in [4.78, 5) is 11.3. The van der Waals surface area contributed by atoms with Crippen molar-refractivity contribution in [1.82, 2.24) is 15.1 Å². The summed E-state index contributed by atoms with van der Waals surface area (Å²) in [6.07, 6.45) is 6.18. The number of pyridine rings is 1. The predicted molar refractivity (Wildman–Crippen MR) is 118 cm³/mol. The van der Waals surface area contributed by atoms with Crippen molar-refractivity contribution in [2.75, 3.05) is 11.4 Å². The number of hydrogen-bond donors (Lipinski definition) is 0. The van der Waals surface area contributed by atoms with Crippen LogP contribution < -0.4 is 4.90 Å². The van der Waals surface area contributed by atoms with Gasteiger partial charge in [0.2, 0.25) is 11.7 Å². The molecule has 0 saturated heterocycles. The molecule has 4 aromatic rings. The van der Waals surface area contributed by atoms with Crippen LogP contribution in [0, 0.1) is 6.92 Å². The molecule has 0 atom stereocenters. The number of allylic oxidation sites excluding steroid dienone is 2. The van der Waals surface area contributed by atoms with Crippen LogP contribution in [-0.2, 0) is 0 Å². The smallest absolute Gasteiger partial charge is 0.223 e. The van der Waals surface area contributed by atoms with Gasteiger partial charge in [0, 0.05) is 42.7 Å². The Bertz CT molecular complexity index is 1230. The molecule has 5 nitrogen and oxygen atoms in total. The first-order valence-corrected chi connectivity index (χ1v) is 9.83. The first-order valence-electron chi connectivity index (χ1n) is 9.83. The molecule has 30 heavy (non-hydrogen) atoms. The monoisotopic (exact) mass is 392 g/mol. The Hall–Kier alpha value is -3.99. The number of rotatable bonds is 4. The van der Waals surface area contributed by atoms with Crippen LogP contribution in [0.3, 0.4) is 0 Å². The molecule has 0 saturated carbocycles. The van der Waals surface area contributed by atoms with Crippen LogP contribution in [0.1, 0.15) is 17.1 Å². The van der Waals surface area contributed by atoms with Gasteiger partial charge in [-0.15, -0.1) is 0 Å². The Morgan fingerprint density at radius 2 is 1.63 bits per heavy atom. The van der Waals surface area contributed by atoms with Gasteiger partial charge in [0.05, 0.1) is 5.69 Å². The van der Waals surface area contributed by atoms with E-state index in [-0.39, 0.29) is 0 Å². The van der Waals surface area contributed by atoms with Crippen molar-refractivity contribution in [3.8, 4) is 11.4 Å². The summed E-state index contributed by atoms with van der Waals surface area (Å²) >= 11 is 0. The second-order valence-corrected chi connectivity index (χ2v) is 7.12. The van der Waals surface area contributed by atoms with E-state index in [2.05, 4.69) is 62.6 Å². The Kier molecular flexibility index (Phi) is 4.69. The molecule has 0 amide bonds.